The van der Waals surface area contributed by atoms with Gasteiger partial charge in [-0.3, -0.25) is 0 Å². The average Bonchev–Trinajstić information content (AvgIpc) is 2.39. The number of halogens is 1. The number of nitrogens with zero attached hydrogens (tertiary/aromatic N) is 1. The molecular weight excluding hydrogens is 333 g/mol. The smallest absolute Gasteiger partial charge is 0.220 e. The number of hydrogen-bond acceptors (Lipinski definition) is 0. The highest BCUT2D eigenvalue weighted by Crippen LogP contribution is 2.24. The van der Waals surface area contributed by atoms with E-state index < -0.39 is 0 Å². The second-order valence-corrected chi connectivity index (χ2v) is 4.23. The Morgan fingerprint density at radius 3 is 2.22 bits per heavy atom. The molecule has 0 aliphatic carbocycles. The standard InChI is InChI=1S/C16H14N.HI/c1-17-12-11-13-7-5-6-10-15(13)16(17)14-8-3-2-4-9-14;/h2-12H,1H3;1H/q+1;/p-1. The van der Waals surface area contributed by atoms with Gasteiger partial charge in [-0.25, -0.2) is 4.57 Å². The van der Waals surface area contributed by atoms with Crippen molar-refractivity contribution >= 4 is 10.8 Å². The lowest BCUT2D eigenvalue weighted by Gasteiger charge is -2.04. The van der Waals surface area contributed by atoms with Crippen molar-refractivity contribution in [3.05, 3.63) is 66.9 Å². The highest BCUT2D eigenvalue weighted by Gasteiger charge is 2.13. The largest absolute Gasteiger partial charge is 1.00 e. The molecule has 18 heavy (non-hydrogen) atoms. The highest BCUT2D eigenvalue weighted by atomic mass is 127. The number of benzene rings is 2. The third kappa shape index (κ3) is 2.25. The molecule has 0 saturated heterocycles. The number of fused-ring (bicyclic) bond motifs is 1. The van der Waals surface area contributed by atoms with Gasteiger partial charge in [0.25, 0.3) is 0 Å². The lowest BCUT2D eigenvalue weighted by molar-refractivity contribution is -0.659. The van der Waals surface area contributed by atoms with E-state index in [1.54, 1.807) is 0 Å². The predicted octanol–water partition coefficient (Wildman–Crippen LogP) is 0.335. The number of rotatable bonds is 1. The van der Waals surface area contributed by atoms with Crippen LogP contribution in [-0.2, 0) is 7.05 Å². The molecule has 0 atom stereocenters. The molecule has 0 spiro atoms. The van der Waals surface area contributed by atoms with Gasteiger partial charge >= 0.3 is 0 Å². The van der Waals surface area contributed by atoms with E-state index in [0.717, 1.165) is 0 Å². The number of pyridine rings is 1. The molecule has 2 aromatic carbocycles. The molecule has 3 aromatic rings. The predicted molar refractivity (Wildman–Crippen MR) is 70.6 cm³/mol. The fraction of sp³-hybridized carbons (Fsp3) is 0.0625. The van der Waals surface area contributed by atoms with Crippen LogP contribution in [0, 0.1) is 0 Å². The van der Waals surface area contributed by atoms with Gasteiger partial charge in [-0.15, -0.1) is 0 Å². The minimum Gasteiger partial charge on any atom is -1.00 e. The summed E-state index contributed by atoms with van der Waals surface area (Å²) in [5, 5.41) is 2.58. The summed E-state index contributed by atoms with van der Waals surface area (Å²) in [6, 6.07) is 21.2. The van der Waals surface area contributed by atoms with Crippen LogP contribution in [0.25, 0.3) is 22.0 Å². The van der Waals surface area contributed by atoms with Crippen LogP contribution in [0.1, 0.15) is 0 Å². The van der Waals surface area contributed by atoms with Crippen LogP contribution in [0.5, 0.6) is 0 Å². The minimum absolute atomic E-state index is 0. The Balaban J connectivity index is 0.00000120. The lowest BCUT2D eigenvalue weighted by Crippen LogP contribution is -3.00. The van der Waals surface area contributed by atoms with Gasteiger partial charge in [0.1, 0.15) is 7.05 Å². The van der Waals surface area contributed by atoms with Crippen molar-refractivity contribution in [3.63, 3.8) is 0 Å². The zero-order valence-electron chi connectivity index (χ0n) is 10.2. The Kier molecular flexibility index (Phi) is 3.97. The summed E-state index contributed by atoms with van der Waals surface area (Å²) in [6.45, 7) is 0. The third-order valence-electron chi connectivity index (χ3n) is 3.09. The van der Waals surface area contributed by atoms with Gasteiger partial charge in [0.05, 0.1) is 5.39 Å². The van der Waals surface area contributed by atoms with Crippen molar-refractivity contribution in [1.82, 2.24) is 0 Å². The molecule has 0 aliphatic rings. The minimum atomic E-state index is 0. The van der Waals surface area contributed by atoms with Crippen LogP contribution in [0.15, 0.2) is 66.9 Å². The Hall–Kier alpha value is -1.42. The van der Waals surface area contributed by atoms with E-state index >= 15 is 0 Å². The van der Waals surface area contributed by atoms with Gasteiger partial charge in [0.15, 0.2) is 6.20 Å². The summed E-state index contributed by atoms with van der Waals surface area (Å²) in [5.41, 5.74) is 2.52. The van der Waals surface area contributed by atoms with Gasteiger partial charge < -0.3 is 24.0 Å². The normalized spacial score (nSPS) is 10.1. The van der Waals surface area contributed by atoms with E-state index in [1.807, 2.05) is 0 Å². The van der Waals surface area contributed by atoms with Crippen LogP contribution in [-0.4, -0.2) is 0 Å². The molecule has 0 saturated carbocycles. The molecule has 1 aromatic heterocycles. The van der Waals surface area contributed by atoms with Gasteiger partial charge in [-0.1, -0.05) is 36.4 Å². The Labute approximate surface area is 124 Å². The summed E-state index contributed by atoms with van der Waals surface area (Å²) >= 11 is 0. The topological polar surface area (TPSA) is 3.88 Å². The molecule has 0 unspecified atom stereocenters. The zero-order valence-corrected chi connectivity index (χ0v) is 12.3. The van der Waals surface area contributed by atoms with Crippen LogP contribution < -0.4 is 28.5 Å². The second kappa shape index (κ2) is 5.48. The molecule has 3 rings (SSSR count). The maximum Gasteiger partial charge on any atom is 0.220 e. The first kappa shape index (κ1) is 13.0. The van der Waals surface area contributed by atoms with E-state index in [0.29, 0.717) is 0 Å². The van der Waals surface area contributed by atoms with Crippen molar-refractivity contribution in [2.75, 3.05) is 0 Å². The number of hydrogen-bond donors (Lipinski definition) is 0. The van der Waals surface area contributed by atoms with Crippen LogP contribution in [0.4, 0.5) is 0 Å². The quantitative estimate of drug-likeness (QED) is 0.442. The fourth-order valence-electron chi connectivity index (χ4n) is 2.27. The van der Waals surface area contributed by atoms with Crippen molar-refractivity contribution in [2.45, 2.75) is 0 Å². The molecule has 1 heterocycles. The van der Waals surface area contributed by atoms with Crippen molar-refractivity contribution in [3.8, 4) is 11.3 Å². The molecule has 2 heteroatoms. The Bertz CT molecular complexity index is 662. The van der Waals surface area contributed by atoms with Gasteiger partial charge in [0.2, 0.25) is 5.69 Å². The highest BCUT2D eigenvalue weighted by molar-refractivity contribution is 5.92. The zero-order chi connectivity index (χ0) is 11.7. The third-order valence-corrected chi connectivity index (χ3v) is 3.09. The van der Waals surface area contributed by atoms with Gasteiger partial charge in [-0.05, 0) is 23.6 Å². The van der Waals surface area contributed by atoms with Gasteiger partial charge in [0, 0.05) is 11.6 Å². The van der Waals surface area contributed by atoms with Gasteiger partial charge in [-0.2, -0.15) is 0 Å². The summed E-state index contributed by atoms with van der Waals surface area (Å²) < 4.78 is 2.18. The first-order valence-electron chi connectivity index (χ1n) is 5.79. The van der Waals surface area contributed by atoms with E-state index in [-0.39, 0.29) is 24.0 Å². The SMILES string of the molecule is C[n+]1ccc2ccccc2c1-c1ccccc1.[I-]. The molecule has 0 fully saturated rings. The van der Waals surface area contributed by atoms with Crippen molar-refractivity contribution in [2.24, 2.45) is 7.05 Å². The molecule has 1 nitrogen and oxygen atoms in total. The number of aromatic nitrogens is 1. The van der Waals surface area contributed by atoms with Crippen LogP contribution >= 0.6 is 0 Å². The van der Waals surface area contributed by atoms with Crippen LogP contribution in [0.3, 0.4) is 0 Å². The maximum absolute atomic E-state index is 2.18. The summed E-state index contributed by atoms with van der Waals surface area (Å²) in [5.74, 6) is 0. The van der Waals surface area contributed by atoms with Crippen molar-refractivity contribution in [1.29, 1.82) is 0 Å². The average molecular weight is 347 g/mol. The Morgan fingerprint density at radius 2 is 1.44 bits per heavy atom. The molecule has 0 amide bonds. The molecule has 0 bridgehead atoms. The molecule has 0 N–H and O–H groups in total. The Morgan fingerprint density at radius 1 is 0.778 bits per heavy atom. The molecule has 0 radical (unpaired) electrons. The van der Waals surface area contributed by atoms with Crippen molar-refractivity contribution < 1.29 is 28.5 Å². The van der Waals surface area contributed by atoms with E-state index in [9.17, 15) is 0 Å². The van der Waals surface area contributed by atoms with E-state index in [1.165, 1.54) is 22.0 Å². The second-order valence-electron chi connectivity index (χ2n) is 4.23. The lowest BCUT2D eigenvalue weighted by atomic mass is 10.0. The molecular formula is C16H14IN. The van der Waals surface area contributed by atoms with E-state index in [2.05, 4.69) is 78.5 Å². The maximum atomic E-state index is 2.18. The monoisotopic (exact) mass is 347 g/mol. The summed E-state index contributed by atoms with van der Waals surface area (Å²) in [7, 11) is 2.09. The number of aryl methyl sites for hydroxylation is 1. The first-order valence-corrected chi connectivity index (χ1v) is 5.79. The summed E-state index contributed by atoms with van der Waals surface area (Å²) in [6.07, 6.45) is 2.12. The van der Waals surface area contributed by atoms with Crippen LogP contribution in [0.2, 0.25) is 0 Å². The molecule has 0 aliphatic heterocycles. The molecule has 90 valence electrons. The van der Waals surface area contributed by atoms with E-state index in [4.69, 9.17) is 0 Å². The fourth-order valence-corrected chi connectivity index (χ4v) is 2.27. The first-order chi connectivity index (χ1) is 8.36. The summed E-state index contributed by atoms with van der Waals surface area (Å²) in [4.78, 5) is 0.